The van der Waals surface area contributed by atoms with E-state index in [1.165, 1.54) is 0 Å². The van der Waals surface area contributed by atoms with Crippen molar-refractivity contribution in [1.82, 2.24) is 10.2 Å². The summed E-state index contributed by atoms with van der Waals surface area (Å²) in [5.74, 6) is 0. The van der Waals surface area contributed by atoms with Gasteiger partial charge in [0.2, 0.25) is 0 Å². The van der Waals surface area contributed by atoms with Gasteiger partial charge in [0.1, 0.15) is 0 Å². The molecule has 0 saturated heterocycles. The number of rotatable bonds is 5. The fourth-order valence-electron chi connectivity index (χ4n) is 0.586. The van der Waals surface area contributed by atoms with E-state index in [-0.39, 0.29) is 5.66 Å². The summed E-state index contributed by atoms with van der Waals surface area (Å²) in [6.07, 6.45) is 0.882. The SMILES string of the molecule is CNC(C)(N)CCN(C)C=S. The van der Waals surface area contributed by atoms with Crippen LogP contribution in [0.5, 0.6) is 0 Å². The number of nitrogens with two attached hydrogens (primary N) is 1. The molecule has 66 valence electrons. The van der Waals surface area contributed by atoms with Gasteiger partial charge in [0.15, 0.2) is 0 Å². The maximum atomic E-state index is 5.83. The maximum absolute atomic E-state index is 5.83. The summed E-state index contributed by atoms with van der Waals surface area (Å²) >= 11 is 4.74. The van der Waals surface area contributed by atoms with Crippen molar-refractivity contribution in [2.45, 2.75) is 19.0 Å². The second-order valence-corrected chi connectivity index (χ2v) is 3.21. The minimum absolute atomic E-state index is 0.285. The van der Waals surface area contributed by atoms with E-state index in [4.69, 9.17) is 18.0 Å². The lowest BCUT2D eigenvalue weighted by Gasteiger charge is -2.25. The van der Waals surface area contributed by atoms with Crippen LogP contribution in [0.2, 0.25) is 0 Å². The van der Waals surface area contributed by atoms with Gasteiger partial charge in [-0.2, -0.15) is 0 Å². The van der Waals surface area contributed by atoms with Gasteiger partial charge in [-0.25, -0.2) is 0 Å². The lowest BCUT2D eigenvalue weighted by molar-refractivity contribution is 0.333. The molecule has 0 radical (unpaired) electrons. The molecule has 0 aliphatic rings. The van der Waals surface area contributed by atoms with Gasteiger partial charge in [-0.05, 0) is 20.4 Å². The summed E-state index contributed by atoms with van der Waals surface area (Å²) in [5.41, 5.74) is 7.18. The molecule has 0 heterocycles. The van der Waals surface area contributed by atoms with Crippen LogP contribution in [-0.4, -0.2) is 36.7 Å². The quantitative estimate of drug-likeness (QED) is 0.461. The van der Waals surface area contributed by atoms with E-state index in [1.807, 2.05) is 25.9 Å². The highest BCUT2D eigenvalue weighted by molar-refractivity contribution is 7.78. The molecule has 1 atom stereocenters. The highest BCUT2D eigenvalue weighted by atomic mass is 32.1. The highest BCUT2D eigenvalue weighted by Gasteiger charge is 2.14. The molecule has 11 heavy (non-hydrogen) atoms. The van der Waals surface area contributed by atoms with Crippen LogP contribution in [0.15, 0.2) is 0 Å². The Hall–Kier alpha value is -0.190. The van der Waals surface area contributed by atoms with Crippen molar-refractivity contribution in [3.05, 3.63) is 0 Å². The molecule has 3 nitrogen and oxygen atoms in total. The summed E-state index contributed by atoms with van der Waals surface area (Å²) in [6.45, 7) is 2.85. The molecule has 0 spiro atoms. The van der Waals surface area contributed by atoms with Crippen LogP contribution in [0.4, 0.5) is 0 Å². The van der Waals surface area contributed by atoms with Gasteiger partial charge in [-0.1, -0.05) is 12.2 Å². The normalized spacial score (nSPS) is 15.6. The average Bonchev–Trinajstić information content (AvgIpc) is 2.00. The number of thiocarbonyl (C=S) groups is 1. The van der Waals surface area contributed by atoms with Gasteiger partial charge < -0.3 is 16.0 Å². The van der Waals surface area contributed by atoms with Crippen molar-refractivity contribution in [3.63, 3.8) is 0 Å². The third kappa shape index (κ3) is 5.12. The monoisotopic (exact) mass is 175 g/mol. The topological polar surface area (TPSA) is 41.3 Å². The molecule has 0 fully saturated rings. The summed E-state index contributed by atoms with van der Waals surface area (Å²) < 4.78 is 0. The zero-order valence-corrected chi connectivity index (χ0v) is 8.24. The first-order valence-corrected chi connectivity index (χ1v) is 4.12. The Kier molecular flexibility index (Phi) is 4.56. The lowest BCUT2D eigenvalue weighted by Crippen LogP contribution is -2.50. The predicted molar refractivity (Wildman–Crippen MR) is 52.6 cm³/mol. The van der Waals surface area contributed by atoms with Crippen molar-refractivity contribution >= 4 is 17.7 Å². The van der Waals surface area contributed by atoms with Crippen LogP contribution < -0.4 is 11.1 Å². The molecule has 0 bridgehead atoms. The molecule has 0 aliphatic heterocycles. The third-order valence-electron chi connectivity index (χ3n) is 1.73. The predicted octanol–water partition coefficient (Wildman–Crippen LogP) is 0.160. The second kappa shape index (κ2) is 4.64. The standard InChI is InChI=1S/C7H17N3S/c1-7(8,9-2)4-5-10(3)6-11/h6,9H,4-5,8H2,1-3H3. The van der Waals surface area contributed by atoms with Gasteiger partial charge in [0.25, 0.3) is 0 Å². The Morgan fingerprint density at radius 2 is 2.27 bits per heavy atom. The first-order chi connectivity index (χ1) is 5.02. The zero-order valence-electron chi connectivity index (χ0n) is 7.42. The molecule has 3 N–H and O–H groups in total. The summed E-state index contributed by atoms with van der Waals surface area (Å²) in [7, 11) is 3.80. The minimum atomic E-state index is -0.285. The Morgan fingerprint density at radius 1 is 1.73 bits per heavy atom. The van der Waals surface area contributed by atoms with Crippen molar-refractivity contribution in [3.8, 4) is 0 Å². The Labute approximate surface area is 73.9 Å². The fraction of sp³-hybridized carbons (Fsp3) is 0.857. The summed E-state index contributed by atoms with van der Waals surface area (Å²) in [5, 5.41) is 3.02. The van der Waals surface area contributed by atoms with Crippen LogP contribution in [-0.2, 0) is 0 Å². The van der Waals surface area contributed by atoms with Gasteiger partial charge >= 0.3 is 0 Å². The van der Waals surface area contributed by atoms with E-state index in [9.17, 15) is 0 Å². The van der Waals surface area contributed by atoms with E-state index in [2.05, 4.69) is 5.32 Å². The first-order valence-electron chi connectivity index (χ1n) is 3.65. The molecule has 1 unspecified atom stereocenters. The summed E-state index contributed by atoms with van der Waals surface area (Å²) in [6, 6.07) is 0. The molecule has 0 aromatic rings. The smallest absolute Gasteiger partial charge is 0.0647 e. The molecule has 0 amide bonds. The van der Waals surface area contributed by atoms with Gasteiger partial charge in [0.05, 0.1) is 11.2 Å². The van der Waals surface area contributed by atoms with Crippen LogP contribution >= 0.6 is 12.2 Å². The lowest BCUT2D eigenvalue weighted by atomic mass is 10.1. The molecule has 0 aliphatic carbocycles. The molecular weight excluding hydrogens is 158 g/mol. The highest BCUT2D eigenvalue weighted by Crippen LogP contribution is 1.99. The number of nitrogens with one attached hydrogen (secondary N) is 1. The van der Waals surface area contributed by atoms with E-state index in [0.717, 1.165) is 13.0 Å². The average molecular weight is 175 g/mol. The summed E-state index contributed by atoms with van der Waals surface area (Å²) in [4.78, 5) is 1.94. The van der Waals surface area contributed by atoms with Crippen molar-refractivity contribution in [2.75, 3.05) is 20.6 Å². The molecule has 0 aromatic carbocycles. The van der Waals surface area contributed by atoms with Gasteiger partial charge in [-0.3, -0.25) is 0 Å². The van der Waals surface area contributed by atoms with E-state index >= 15 is 0 Å². The minimum Gasteiger partial charge on any atom is -0.372 e. The van der Waals surface area contributed by atoms with E-state index < -0.39 is 0 Å². The largest absolute Gasteiger partial charge is 0.372 e. The fourth-order valence-corrected chi connectivity index (χ4v) is 0.692. The van der Waals surface area contributed by atoms with Crippen LogP contribution in [0, 0.1) is 0 Å². The number of hydrogen-bond acceptors (Lipinski definition) is 3. The van der Waals surface area contributed by atoms with Crippen LogP contribution in [0.3, 0.4) is 0 Å². The number of hydrogen-bond donors (Lipinski definition) is 2. The zero-order chi connectivity index (χ0) is 8.91. The Balaban J connectivity index is 3.60. The molecule has 0 saturated carbocycles. The first kappa shape index (κ1) is 10.8. The van der Waals surface area contributed by atoms with Crippen molar-refractivity contribution in [1.29, 1.82) is 0 Å². The van der Waals surface area contributed by atoms with Gasteiger partial charge in [0, 0.05) is 13.6 Å². The second-order valence-electron chi connectivity index (χ2n) is 3.00. The number of nitrogens with zero attached hydrogens (tertiary/aromatic N) is 1. The van der Waals surface area contributed by atoms with Crippen molar-refractivity contribution < 1.29 is 0 Å². The molecule has 0 rings (SSSR count). The Bertz CT molecular complexity index is 125. The van der Waals surface area contributed by atoms with Crippen LogP contribution in [0.25, 0.3) is 0 Å². The van der Waals surface area contributed by atoms with E-state index in [0.29, 0.717) is 0 Å². The third-order valence-corrected chi connectivity index (χ3v) is 2.09. The van der Waals surface area contributed by atoms with Gasteiger partial charge in [-0.15, -0.1) is 0 Å². The molecular formula is C7H17N3S. The van der Waals surface area contributed by atoms with E-state index in [1.54, 1.807) is 5.49 Å². The van der Waals surface area contributed by atoms with Crippen LogP contribution in [0.1, 0.15) is 13.3 Å². The van der Waals surface area contributed by atoms with Crippen molar-refractivity contribution in [2.24, 2.45) is 5.73 Å². The molecule has 0 aromatic heterocycles. The Morgan fingerprint density at radius 3 is 2.64 bits per heavy atom. The molecule has 4 heteroatoms. The maximum Gasteiger partial charge on any atom is 0.0647 e.